The minimum Gasteiger partial charge on any atom is -0.493 e. The summed E-state index contributed by atoms with van der Waals surface area (Å²) < 4.78 is 5.71. The lowest BCUT2D eigenvalue weighted by Gasteiger charge is -2.14. The third kappa shape index (κ3) is 2.11. The van der Waals surface area contributed by atoms with Gasteiger partial charge >= 0.3 is 0 Å². The van der Waals surface area contributed by atoms with Crippen molar-refractivity contribution in [2.75, 3.05) is 11.9 Å². The molecule has 1 aromatic carbocycles. The summed E-state index contributed by atoms with van der Waals surface area (Å²) in [6.07, 6.45) is 3.63. The Morgan fingerprint density at radius 3 is 3.07 bits per heavy atom. The van der Waals surface area contributed by atoms with Gasteiger partial charge in [-0.25, -0.2) is 0 Å². The zero-order valence-corrected chi connectivity index (χ0v) is 9.79. The maximum atomic E-state index is 5.71. The molecule has 2 rings (SSSR count). The summed E-state index contributed by atoms with van der Waals surface area (Å²) in [5.41, 5.74) is 1.39. The van der Waals surface area contributed by atoms with E-state index in [9.17, 15) is 0 Å². The van der Waals surface area contributed by atoms with Gasteiger partial charge in [0.1, 0.15) is 5.75 Å². The van der Waals surface area contributed by atoms with Crippen molar-refractivity contribution in [3.8, 4) is 5.75 Å². The van der Waals surface area contributed by atoms with Gasteiger partial charge in [-0.05, 0) is 36.8 Å². The van der Waals surface area contributed by atoms with Crippen molar-refractivity contribution in [2.45, 2.75) is 25.2 Å². The third-order valence-corrected chi connectivity index (χ3v) is 3.23. The van der Waals surface area contributed by atoms with E-state index in [0.29, 0.717) is 5.92 Å². The predicted molar refractivity (Wildman–Crippen MR) is 62.3 cm³/mol. The van der Waals surface area contributed by atoms with E-state index in [-0.39, 0.29) is 0 Å². The van der Waals surface area contributed by atoms with Crippen LogP contribution in [0.2, 0.25) is 0 Å². The largest absolute Gasteiger partial charge is 0.493 e. The highest BCUT2D eigenvalue weighted by Gasteiger charge is 2.18. The van der Waals surface area contributed by atoms with Gasteiger partial charge in [-0.1, -0.05) is 34.1 Å². The SMILES string of the molecule is BrCCC1CCCOc2ccccc21. The van der Waals surface area contributed by atoms with Gasteiger partial charge in [0.15, 0.2) is 0 Å². The number of ether oxygens (including phenoxy) is 1. The van der Waals surface area contributed by atoms with Gasteiger partial charge in [-0.2, -0.15) is 0 Å². The molecule has 0 aliphatic carbocycles. The smallest absolute Gasteiger partial charge is 0.122 e. The first kappa shape index (κ1) is 10.0. The van der Waals surface area contributed by atoms with Crippen LogP contribution in [0.25, 0.3) is 0 Å². The molecule has 1 atom stereocenters. The van der Waals surface area contributed by atoms with Gasteiger partial charge in [0.05, 0.1) is 6.61 Å². The molecule has 1 heterocycles. The van der Waals surface area contributed by atoms with Gasteiger partial charge in [-0.15, -0.1) is 0 Å². The quantitative estimate of drug-likeness (QED) is 0.731. The van der Waals surface area contributed by atoms with E-state index in [1.54, 1.807) is 0 Å². The Hall–Kier alpha value is -0.500. The zero-order chi connectivity index (χ0) is 9.80. The molecule has 0 radical (unpaired) electrons. The average Bonchev–Trinajstić information content (AvgIpc) is 2.42. The Kier molecular flexibility index (Phi) is 3.46. The first-order chi connectivity index (χ1) is 6.92. The number of benzene rings is 1. The van der Waals surface area contributed by atoms with Crippen molar-refractivity contribution >= 4 is 15.9 Å². The van der Waals surface area contributed by atoms with Crippen LogP contribution in [0.4, 0.5) is 0 Å². The average molecular weight is 255 g/mol. The van der Waals surface area contributed by atoms with E-state index in [0.717, 1.165) is 17.7 Å². The summed E-state index contributed by atoms with van der Waals surface area (Å²) in [5.74, 6) is 1.77. The maximum Gasteiger partial charge on any atom is 0.122 e. The summed E-state index contributed by atoms with van der Waals surface area (Å²) in [5, 5.41) is 1.08. The number of rotatable bonds is 2. The Labute approximate surface area is 93.6 Å². The Morgan fingerprint density at radius 1 is 1.36 bits per heavy atom. The Balaban J connectivity index is 2.27. The second kappa shape index (κ2) is 4.83. The van der Waals surface area contributed by atoms with Gasteiger partial charge in [0, 0.05) is 5.33 Å². The van der Waals surface area contributed by atoms with E-state index in [4.69, 9.17) is 4.74 Å². The molecule has 14 heavy (non-hydrogen) atoms. The van der Waals surface area contributed by atoms with Crippen LogP contribution in [0.3, 0.4) is 0 Å². The first-order valence-electron chi connectivity index (χ1n) is 5.19. The fourth-order valence-corrected chi connectivity index (χ4v) is 2.60. The van der Waals surface area contributed by atoms with Crippen molar-refractivity contribution < 1.29 is 4.74 Å². The van der Waals surface area contributed by atoms with Gasteiger partial charge in [0.25, 0.3) is 0 Å². The molecule has 1 nitrogen and oxygen atoms in total. The van der Waals surface area contributed by atoms with Gasteiger partial charge in [0.2, 0.25) is 0 Å². The van der Waals surface area contributed by atoms with E-state index in [1.165, 1.54) is 24.8 Å². The maximum absolute atomic E-state index is 5.71. The molecule has 1 aromatic rings. The van der Waals surface area contributed by atoms with Crippen LogP contribution in [-0.4, -0.2) is 11.9 Å². The predicted octanol–water partition coefficient (Wildman–Crippen LogP) is 3.73. The van der Waals surface area contributed by atoms with Crippen LogP contribution in [0.15, 0.2) is 24.3 Å². The Bertz CT molecular complexity index is 298. The highest BCUT2D eigenvalue weighted by Crippen LogP contribution is 2.35. The second-order valence-electron chi connectivity index (χ2n) is 3.70. The molecule has 0 bridgehead atoms. The highest BCUT2D eigenvalue weighted by atomic mass is 79.9. The topological polar surface area (TPSA) is 9.23 Å². The lowest BCUT2D eigenvalue weighted by Crippen LogP contribution is -1.98. The van der Waals surface area contributed by atoms with Crippen molar-refractivity contribution in [1.29, 1.82) is 0 Å². The number of para-hydroxylation sites is 1. The summed E-state index contributed by atoms with van der Waals surface area (Å²) in [6.45, 7) is 0.871. The lowest BCUT2D eigenvalue weighted by atomic mass is 9.92. The van der Waals surface area contributed by atoms with Gasteiger partial charge in [-0.3, -0.25) is 0 Å². The molecule has 0 saturated heterocycles. The number of halogens is 1. The second-order valence-corrected chi connectivity index (χ2v) is 4.50. The van der Waals surface area contributed by atoms with E-state index in [1.807, 2.05) is 0 Å². The molecule has 1 aliphatic rings. The van der Waals surface area contributed by atoms with E-state index >= 15 is 0 Å². The van der Waals surface area contributed by atoms with Crippen molar-refractivity contribution in [3.63, 3.8) is 0 Å². The standard InChI is InChI=1S/C12H15BrO/c13-8-7-10-4-3-9-14-12-6-2-1-5-11(10)12/h1-2,5-6,10H,3-4,7-9H2. The van der Waals surface area contributed by atoms with E-state index in [2.05, 4.69) is 40.2 Å². The Morgan fingerprint density at radius 2 is 2.21 bits per heavy atom. The zero-order valence-electron chi connectivity index (χ0n) is 8.21. The number of hydrogen-bond donors (Lipinski definition) is 0. The van der Waals surface area contributed by atoms with Crippen LogP contribution < -0.4 is 4.74 Å². The lowest BCUT2D eigenvalue weighted by molar-refractivity contribution is 0.316. The van der Waals surface area contributed by atoms with E-state index < -0.39 is 0 Å². The minimum atomic E-state index is 0.674. The molecule has 0 N–H and O–H groups in total. The fourth-order valence-electron chi connectivity index (χ4n) is 2.05. The van der Waals surface area contributed by atoms with Crippen LogP contribution in [0.5, 0.6) is 5.75 Å². The highest BCUT2D eigenvalue weighted by molar-refractivity contribution is 9.09. The first-order valence-corrected chi connectivity index (χ1v) is 6.31. The van der Waals surface area contributed by atoms with Crippen LogP contribution in [-0.2, 0) is 0 Å². The molecular weight excluding hydrogens is 240 g/mol. The molecule has 0 aromatic heterocycles. The molecule has 76 valence electrons. The number of alkyl halides is 1. The van der Waals surface area contributed by atoms with Gasteiger partial charge < -0.3 is 4.74 Å². The van der Waals surface area contributed by atoms with Crippen molar-refractivity contribution in [3.05, 3.63) is 29.8 Å². The van der Waals surface area contributed by atoms with Crippen molar-refractivity contribution in [1.82, 2.24) is 0 Å². The van der Waals surface area contributed by atoms with Crippen LogP contribution >= 0.6 is 15.9 Å². The molecular formula is C12H15BrO. The molecule has 0 spiro atoms. The third-order valence-electron chi connectivity index (χ3n) is 2.77. The summed E-state index contributed by atoms with van der Waals surface area (Å²) in [4.78, 5) is 0. The van der Waals surface area contributed by atoms with Crippen molar-refractivity contribution in [2.24, 2.45) is 0 Å². The normalized spacial score (nSPS) is 20.8. The minimum absolute atomic E-state index is 0.674. The summed E-state index contributed by atoms with van der Waals surface area (Å²) in [7, 11) is 0. The summed E-state index contributed by atoms with van der Waals surface area (Å²) >= 11 is 3.52. The molecule has 2 heteroatoms. The molecule has 0 fully saturated rings. The molecule has 0 saturated carbocycles. The summed E-state index contributed by atoms with van der Waals surface area (Å²) in [6, 6.07) is 8.44. The monoisotopic (exact) mass is 254 g/mol. The van der Waals surface area contributed by atoms with Crippen LogP contribution in [0, 0.1) is 0 Å². The molecule has 1 aliphatic heterocycles. The number of fused-ring (bicyclic) bond motifs is 1. The fraction of sp³-hybridized carbons (Fsp3) is 0.500. The number of hydrogen-bond acceptors (Lipinski definition) is 1. The van der Waals surface area contributed by atoms with Crippen LogP contribution in [0.1, 0.15) is 30.7 Å². The molecule has 0 amide bonds. The molecule has 1 unspecified atom stereocenters.